The molecule has 1 unspecified atom stereocenters. The molecule has 0 amide bonds. The van der Waals surface area contributed by atoms with Gasteiger partial charge in [0.1, 0.15) is 5.75 Å². The van der Waals surface area contributed by atoms with Crippen LogP contribution >= 0.6 is 27.5 Å². The minimum atomic E-state index is -0.154. The molecule has 0 aromatic heterocycles. The quantitative estimate of drug-likeness (QED) is 0.639. The van der Waals surface area contributed by atoms with Gasteiger partial charge in [0, 0.05) is 10.9 Å². The monoisotopic (exact) mass is 246 g/mol. The molecule has 0 saturated heterocycles. The van der Waals surface area contributed by atoms with Crippen LogP contribution in [0.5, 0.6) is 5.75 Å². The Balaban J connectivity index is 2.37. The molecule has 0 spiro atoms. The molecule has 1 aliphatic heterocycles. The maximum absolute atomic E-state index is 5.85. The van der Waals surface area contributed by atoms with E-state index >= 15 is 0 Å². The van der Waals surface area contributed by atoms with E-state index in [0.29, 0.717) is 0 Å². The molecule has 0 fully saturated rings. The van der Waals surface area contributed by atoms with Gasteiger partial charge in [0.15, 0.2) is 5.56 Å². The topological polar surface area (TPSA) is 9.23 Å². The summed E-state index contributed by atoms with van der Waals surface area (Å²) in [5, 5.41) is 0. The number of hydrogen-bond donors (Lipinski definition) is 0. The van der Waals surface area contributed by atoms with Gasteiger partial charge in [0.2, 0.25) is 0 Å². The van der Waals surface area contributed by atoms with Crippen molar-refractivity contribution in [3.63, 3.8) is 0 Å². The molecule has 3 heteroatoms. The van der Waals surface area contributed by atoms with E-state index in [2.05, 4.69) is 22.0 Å². The average molecular weight is 248 g/mol. The summed E-state index contributed by atoms with van der Waals surface area (Å²) in [6.45, 7) is 0. The van der Waals surface area contributed by atoms with Crippen LogP contribution in [-0.2, 0) is 6.42 Å². The fourth-order valence-corrected chi connectivity index (χ4v) is 1.94. The highest BCUT2D eigenvalue weighted by atomic mass is 79.9. The number of halogens is 2. The van der Waals surface area contributed by atoms with Gasteiger partial charge in [-0.1, -0.05) is 27.5 Å². The number of hydrogen-bond acceptors (Lipinski definition) is 1. The standard InChI is InChI=1S/C9H8BrClO/c10-7-2-3-8-6(5-7)1-4-9(11)12-8/h2-3,5,9H,1,4H2. The summed E-state index contributed by atoms with van der Waals surface area (Å²) in [5.74, 6) is 0.921. The van der Waals surface area contributed by atoms with Crippen LogP contribution in [0.2, 0.25) is 0 Å². The predicted molar refractivity (Wildman–Crippen MR) is 52.7 cm³/mol. The van der Waals surface area contributed by atoms with Crippen molar-refractivity contribution in [3.05, 3.63) is 28.2 Å². The van der Waals surface area contributed by atoms with Crippen LogP contribution in [-0.4, -0.2) is 5.56 Å². The molecule has 1 aromatic carbocycles. The summed E-state index contributed by atoms with van der Waals surface area (Å²) in [4.78, 5) is 0. The molecule has 0 saturated carbocycles. The SMILES string of the molecule is ClC1CCc2cc(Br)ccc2O1. The van der Waals surface area contributed by atoms with Gasteiger partial charge >= 0.3 is 0 Å². The van der Waals surface area contributed by atoms with Crippen LogP contribution in [0.15, 0.2) is 22.7 Å². The number of rotatable bonds is 0. The Labute approximate surface area is 84.8 Å². The predicted octanol–water partition coefficient (Wildman–Crippen LogP) is 3.34. The summed E-state index contributed by atoms with van der Waals surface area (Å²) in [5.41, 5.74) is 1.08. The summed E-state index contributed by atoms with van der Waals surface area (Å²) in [6, 6.07) is 6.00. The highest BCUT2D eigenvalue weighted by molar-refractivity contribution is 9.10. The molecule has 64 valence electrons. The summed E-state index contributed by atoms with van der Waals surface area (Å²) in [7, 11) is 0. The molecule has 1 heterocycles. The van der Waals surface area contributed by atoms with Crippen molar-refractivity contribution in [1.29, 1.82) is 0 Å². The third-order valence-electron chi connectivity index (χ3n) is 1.92. The van der Waals surface area contributed by atoms with Gasteiger partial charge in [-0.2, -0.15) is 0 Å². The van der Waals surface area contributed by atoms with Gasteiger partial charge in [-0.3, -0.25) is 0 Å². The van der Waals surface area contributed by atoms with Crippen molar-refractivity contribution in [2.45, 2.75) is 18.4 Å². The first kappa shape index (κ1) is 8.39. The first-order valence-corrected chi connectivity index (χ1v) is 5.08. The lowest BCUT2D eigenvalue weighted by Gasteiger charge is -2.21. The van der Waals surface area contributed by atoms with Gasteiger partial charge in [-0.05, 0) is 30.2 Å². The Bertz CT molecular complexity index is 301. The second-order valence-corrected chi connectivity index (χ2v) is 4.22. The minimum Gasteiger partial charge on any atom is -0.474 e. The third kappa shape index (κ3) is 1.59. The lowest BCUT2D eigenvalue weighted by molar-refractivity contribution is 0.249. The van der Waals surface area contributed by atoms with E-state index in [4.69, 9.17) is 16.3 Å². The number of fused-ring (bicyclic) bond motifs is 1. The molecule has 1 aromatic rings. The zero-order chi connectivity index (χ0) is 8.55. The summed E-state index contributed by atoms with van der Waals surface area (Å²) in [6.07, 6.45) is 1.90. The Hall–Kier alpha value is -0.210. The number of benzene rings is 1. The summed E-state index contributed by atoms with van der Waals surface area (Å²) >= 11 is 9.27. The van der Waals surface area contributed by atoms with Crippen molar-refractivity contribution >= 4 is 27.5 Å². The second-order valence-electron chi connectivity index (χ2n) is 2.82. The fourth-order valence-electron chi connectivity index (χ4n) is 1.32. The normalized spacial score (nSPS) is 21.3. The third-order valence-corrected chi connectivity index (χ3v) is 2.72. The van der Waals surface area contributed by atoms with Crippen LogP contribution in [0, 0.1) is 0 Å². The smallest absolute Gasteiger partial charge is 0.172 e. The van der Waals surface area contributed by atoms with E-state index in [1.165, 1.54) is 5.56 Å². The van der Waals surface area contributed by atoms with Crippen molar-refractivity contribution in [2.75, 3.05) is 0 Å². The summed E-state index contributed by atoms with van der Waals surface area (Å²) < 4.78 is 6.53. The largest absolute Gasteiger partial charge is 0.474 e. The minimum absolute atomic E-state index is 0.154. The lowest BCUT2D eigenvalue weighted by Crippen LogP contribution is -2.16. The Morgan fingerprint density at radius 1 is 1.50 bits per heavy atom. The van der Waals surface area contributed by atoms with Crippen molar-refractivity contribution in [1.82, 2.24) is 0 Å². The Morgan fingerprint density at radius 3 is 3.17 bits per heavy atom. The van der Waals surface area contributed by atoms with Crippen LogP contribution in [0.3, 0.4) is 0 Å². The van der Waals surface area contributed by atoms with Crippen LogP contribution in [0.4, 0.5) is 0 Å². The number of ether oxygens (including phenoxy) is 1. The van der Waals surface area contributed by atoms with Gasteiger partial charge in [0.25, 0.3) is 0 Å². The molecular formula is C9H8BrClO. The van der Waals surface area contributed by atoms with E-state index in [9.17, 15) is 0 Å². The van der Waals surface area contributed by atoms with Crippen LogP contribution in [0.25, 0.3) is 0 Å². The maximum Gasteiger partial charge on any atom is 0.172 e. The lowest BCUT2D eigenvalue weighted by atomic mass is 10.1. The highest BCUT2D eigenvalue weighted by Crippen LogP contribution is 2.30. The molecule has 0 bridgehead atoms. The van der Waals surface area contributed by atoms with Crippen molar-refractivity contribution in [2.24, 2.45) is 0 Å². The molecule has 0 aliphatic carbocycles. The van der Waals surface area contributed by atoms with Crippen LogP contribution in [0.1, 0.15) is 12.0 Å². The number of alkyl halides is 1. The molecule has 0 radical (unpaired) electrons. The maximum atomic E-state index is 5.85. The van der Waals surface area contributed by atoms with Crippen molar-refractivity contribution < 1.29 is 4.74 Å². The Kier molecular flexibility index (Phi) is 2.28. The van der Waals surface area contributed by atoms with Crippen LogP contribution < -0.4 is 4.74 Å². The highest BCUT2D eigenvalue weighted by Gasteiger charge is 2.16. The zero-order valence-electron chi connectivity index (χ0n) is 6.39. The first-order valence-electron chi connectivity index (χ1n) is 3.85. The van der Waals surface area contributed by atoms with Gasteiger partial charge in [0.05, 0.1) is 0 Å². The average Bonchev–Trinajstić information content (AvgIpc) is 2.05. The molecule has 2 rings (SSSR count). The van der Waals surface area contributed by atoms with Gasteiger partial charge < -0.3 is 4.74 Å². The van der Waals surface area contributed by atoms with Gasteiger partial charge in [-0.15, -0.1) is 0 Å². The zero-order valence-corrected chi connectivity index (χ0v) is 8.73. The van der Waals surface area contributed by atoms with E-state index in [1.807, 2.05) is 12.1 Å². The Morgan fingerprint density at radius 2 is 2.33 bits per heavy atom. The number of aryl methyl sites for hydroxylation is 1. The molecule has 12 heavy (non-hydrogen) atoms. The molecule has 1 atom stereocenters. The molecule has 1 aliphatic rings. The van der Waals surface area contributed by atoms with Crippen molar-refractivity contribution in [3.8, 4) is 5.75 Å². The first-order chi connectivity index (χ1) is 5.75. The van der Waals surface area contributed by atoms with E-state index < -0.39 is 0 Å². The fraction of sp³-hybridized carbons (Fsp3) is 0.333. The van der Waals surface area contributed by atoms with E-state index in [-0.39, 0.29) is 5.56 Å². The van der Waals surface area contributed by atoms with Gasteiger partial charge in [-0.25, -0.2) is 0 Å². The molecule has 0 N–H and O–H groups in total. The molecule has 1 nitrogen and oxygen atoms in total. The van der Waals surface area contributed by atoms with E-state index in [0.717, 1.165) is 23.1 Å². The second kappa shape index (κ2) is 3.27. The molecular weight excluding hydrogens is 239 g/mol. The van der Waals surface area contributed by atoms with E-state index in [1.54, 1.807) is 0 Å².